The highest BCUT2D eigenvalue weighted by Crippen LogP contribution is 2.10. The number of carbonyl (C=O) groups excluding carboxylic acids is 1. The molecule has 3 nitrogen and oxygen atoms in total. The van der Waals surface area contributed by atoms with E-state index in [0.29, 0.717) is 13.0 Å². The van der Waals surface area contributed by atoms with E-state index in [1.165, 1.54) is 70.6 Å². The molecule has 0 saturated carbocycles. The van der Waals surface area contributed by atoms with Crippen molar-refractivity contribution >= 4 is 5.97 Å². The van der Waals surface area contributed by atoms with Crippen LogP contribution < -0.4 is 0 Å². The molecule has 0 bridgehead atoms. The summed E-state index contributed by atoms with van der Waals surface area (Å²) >= 11 is 0. The van der Waals surface area contributed by atoms with Gasteiger partial charge in [-0.15, -0.1) is 0 Å². The van der Waals surface area contributed by atoms with Crippen molar-refractivity contribution in [2.75, 3.05) is 13.7 Å². The van der Waals surface area contributed by atoms with E-state index >= 15 is 0 Å². The number of ether oxygens (including phenoxy) is 2. The summed E-state index contributed by atoms with van der Waals surface area (Å²) in [6.45, 7) is 4.53. The Morgan fingerprint density at radius 1 is 0.840 bits per heavy atom. The molecule has 0 aliphatic carbocycles. The molecule has 0 aliphatic rings. The largest absolute Gasteiger partial charge is 0.463 e. The Kier molecular flexibility index (Phi) is 18.8. The number of rotatable bonds is 18. The molecule has 0 aromatic carbocycles. The topological polar surface area (TPSA) is 35.5 Å². The Morgan fingerprint density at radius 2 is 1.36 bits per heavy atom. The fourth-order valence-corrected chi connectivity index (χ4v) is 2.69. The van der Waals surface area contributed by atoms with Crippen LogP contribution in [-0.4, -0.2) is 25.8 Å². The number of allylic oxidation sites excluding steroid dienone is 2. The van der Waals surface area contributed by atoms with Gasteiger partial charge in [0.2, 0.25) is 0 Å². The predicted molar refractivity (Wildman–Crippen MR) is 107 cm³/mol. The molecular formula is C22H42O3. The summed E-state index contributed by atoms with van der Waals surface area (Å²) in [5.74, 6) is -0.0958. The monoisotopic (exact) mass is 354 g/mol. The molecule has 3 heteroatoms. The molecule has 25 heavy (non-hydrogen) atoms. The van der Waals surface area contributed by atoms with Gasteiger partial charge < -0.3 is 9.47 Å². The highest BCUT2D eigenvalue weighted by atomic mass is 16.6. The molecule has 0 aromatic heterocycles. The predicted octanol–water partition coefficient (Wildman–Crippen LogP) is 6.60. The summed E-state index contributed by atoms with van der Waals surface area (Å²) in [5.41, 5.74) is 0. The van der Waals surface area contributed by atoms with Gasteiger partial charge in [0.05, 0.1) is 6.10 Å². The maximum Gasteiger partial charge on any atom is 0.305 e. The van der Waals surface area contributed by atoms with Crippen LogP contribution in [0.3, 0.4) is 0 Å². The van der Waals surface area contributed by atoms with E-state index < -0.39 is 0 Å². The van der Waals surface area contributed by atoms with E-state index in [0.717, 1.165) is 12.8 Å². The molecule has 0 spiro atoms. The summed E-state index contributed by atoms with van der Waals surface area (Å²) in [4.78, 5) is 11.5. The summed E-state index contributed by atoms with van der Waals surface area (Å²) in [6.07, 6.45) is 21.7. The Labute approximate surface area is 156 Å². The minimum absolute atomic E-state index is 0.0157. The number of carbonyl (C=O) groups is 1. The standard InChI is InChI=1S/C22H42O3/c1-4-5-6-7-8-9-10-11-12-13-14-15-16-17-18-19-22(23)25-20-21(2)24-3/h11-12,21H,4-10,13-20H2,1-3H3. The Bertz CT molecular complexity index is 312. The molecule has 0 rings (SSSR count). The van der Waals surface area contributed by atoms with Gasteiger partial charge in [-0.25, -0.2) is 0 Å². The maximum absolute atomic E-state index is 11.5. The van der Waals surface area contributed by atoms with E-state index in [1.807, 2.05) is 6.92 Å². The minimum atomic E-state index is -0.0958. The van der Waals surface area contributed by atoms with Gasteiger partial charge in [0.1, 0.15) is 6.61 Å². The van der Waals surface area contributed by atoms with E-state index in [1.54, 1.807) is 7.11 Å². The van der Waals surface area contributed by atoms with Crippen molar-refractivity contribution in [3.8, 4) is 0 Å². The van der Waals surface area contributed by atoms with Crippen molar-refractivity contribution in [1.82, 2.24) is 0 Å². The average molecular weight is 355 g/mol. The van der Waals surface area contributed by atoms with E-state index in [-0.39, 0.29) is 12.1 Å². The molecule has 1 unspecified atom stereocenters. The molecule has 0 fully saturated rings. The third-order valence-electron chi connectivity index (χ3n) is 4.52. The van der Waals surface area contributed by atoms with Gasteiger partial charge in [-0.1, -0.05) is 70.4 Å². The molecule has 0 N–H and O–H groups in total. The molecule has 0 heterocycles. The first-order valence-corrected chi connectivity index (χ1v) is 10.5. The molecule has 0 aliphatic heterocycles. The molecule has 1 atom stereocenters. The van der Waals surface area contributed by atoms with Crippen LogP contribution in [0.25, 0.3) is 0 Å². The van der Waals surface area contributed by atoms with Crippen molar-refractivity contribution in [3.63, 3.8) is 0 Å². The van der Waals surface area contributed by atoms with Gasteiger partial charge in [0, 0.05) is 13.5 Å². The quantitative estimate of drug-likeness (QED) is 0.158. The van der Waals surface area contributed by atoms with Crippen LogP contribution in [0, 0.1) is 0 Å². The van der Waals surface area contributed by atoms with Crippen LogP contribution >= 0.6 is 0 Å². The molecular weight excluding hydrogens is 312 g/mol. The summed E-state index contributed by atoms with van der Waals surface area (Å²) in [6, 6.07) is 0. The lowest BCUT2D eigenvalue weighted by atomic mass is 10.1. The first kappa shape index (κ1) is 24.2. The zero-order valence-corrected chi connectivity index (χ0v) is 17.1. The molecule has 0 radical (unpaired) electrons. The van der Waals surface area contributed by atoms with Crippen LogP contribution in [-0.2, 0) is 14.3 Å². The highest BCUT2D eigenvalue weighted by molar-refractivity contribution is 5.69. The fraction of sp³-hybridized carbons (Fsp3) is 0.864. The van der Waals surface area contributed by atoms with Crippen LogP contribution in [0.15, 0.2) is 12.2 Å². The number of esters is 1. The van der Waals surface area contributed by atoms with Crippen LogP contribution in [0.2, 0.25) is 0 Å². The normalized spacial score (nSPS) is 12.6. The molecule has 0 aromatic rings. The first-order chi connectivity index (χ1) is 12.2. The van der Waals surface area contributed by atoms with Crippen molar-refractivity contribution in [2.45, 2.75) is 110 Å². The average Bonchev–Trinajstić information content (AvgIpc) is 2.62. The van der Waals surface area contributed by atoms with Crippen molar-refractivity contribution in [1.29, 1.82) is 0 Å². The second-order valence-electron chi connectivity index (χ2n) is 7.06. The third-order valence-corrected chi connectivity index (χ3v) is 4.52. The molecule has 148 valence electrons. The fourth-order valence-electron chi connectivity index (χ4n) is 2.69. The Morgan fingerprint density at radius 3 is 1.92 bits per heavy atom. The lowest BCUT2D eigenvalue weighted by molar-refractivity contribution is -0.147. The molecule has 0 saturated heterocycles. The Hall–Kier alpha value is -0.830. The number of hydrogen-bond donors (Lipinski definition) is 0. The third kappa shape index (κ3) is 19.3. The van der Waals surface area contributed by atoms with Crippen molar-refractivity contribution in [2.24, 2.45) is 0 Å². The lowest BCUT2D eigenvalue weighted by Gasteiger charge is -2.09. The molecule has 0 amide bonds. The zero-order valence-electron chi connectivity index (χ0n) is 17.1. The zero-order chi connectivity index (χ0) is 18.6. The number of unbranched alkanes of at least 4 members (excludes halogenated alkanes) is 11. The second-order valence-corrected chi connectivity index (χ2v) is 7.06. The maximum atomic E-state index is 11.5. The van der Waals surface area contributed by atoms with Gasteiger partial charge in [-0.3, -0.25) is 4.79 Å². The SMILES string of the molecule is CCCCCCCCC=CCCCCCCCC(=O)OCC(C)OC. The van der Waals surface area contributed by atoms with Gasteiger partial charge in [-0.2, -0.15) is 0 Å². The van der Waals surface area contributed by atoms with Crippen LogP contribution in [0.5, 0.6) is 0 Å². The van der Waals surface area contributed by atoms with Gasteiger partial charge >= 0.3 is 5.97 Å². The second kappa shape index (κ2) is 19.5. The Balaban J connectivity index is 3.22. The first-order valence-electron chi connectivity index (χ1n) is 10.5. The number of hydrogen-bond acceptors (Lipinski definition) is 3. The van der Waals surface area contributed by atoms with Crippen molar-refractivity contribution in [3.05, 3.63) is 12.2 Å². The van der Waals surface area contributed by atoms with E-state index in [2.05, 4.69) is 19.1 Å². The smallest absolute Gasteiger partial charge is 0.305 e. The van der Waals surface area contributed by atoms with Gasteiger partial charge in [0.25, 0.3) is 0 Å². The van der Waals surface area contributed by atoms with Crippen LogP contribution in [0.4, 0.5) is 0 Å². The summed E-state index contributed by atoms with van der Waals surface area (Å²) < 4.78 is 10.2. The number of methoxy groups -OCH3 is 1. The summed E-state index contributed by atoms with van der Waals surface area (Å²) in [7, 11) is 1.63. The minimum Gasteiger partial charge on any atom is -0.463 e. The van der Waals surface area contributed by atoms with Gasteiger partial charge in [0.15, 0.2) is 0 Å². The van der Waals surface area contributed by atoms with Gasteiger partial charge in [-0.05, 0) is 39.0 Å². The van der Waals surface area contributed by atoms with E-state index in [9.17, 15) is 4.79 Å². The summed E-state index contributed by atoms with van der Waals surface area (Å²) in [5, 5.41) is 0. The van der Waals surface area contributed by atoms with Crippen molar-refractivity contribution < 1.29 is 14.3 Å². The lowest BCUT2D eigenvalue weighted by Crippen LogP contribution is -2.17. The highest BCUT2D eigenvalue weighted by Gasteiger charge is 2.05. The van der Waals surface area contributed by atoms with Crippen LogP contribution in [0.1, 0.15) is 104 Å². The van der Waals surface area contributed by atoms with E-state index in [4.69, 9.17) is 9.47 Å².